The normalized spacial score (nSPS) is 16.3. The van der Waals surface area contributed by atoms with Gasteiger partial charge in [-0.25, -0.2) is 9.78 Å². The van der Waals surface area contributed by atoms with E-state index in [1.807, 2.05) is 0 Å². The second-order valence-electron chi connectivity index (χ2n) is 6.21. The number of hydrogen-bond donors (Lipinski definition) is 2. The zero-order valence-electron chi connectivity index (χ0n) is 13.7. The van der Waals surface area contributed by atoms with E-state index in [0.717, 1.165) is 31.7 Å². The Hall–Kier alpha value is -2.64. The van der Waals surface area contributed by atoms with Crippen LogP contribution in [0.3, 0.4) is 0 Å². The minimum Gasteiger partial charge on any atom is -0.474 e. The second kappa shape index (κ2) is 7.29. The molecule has 0 radical (unpaired) electrons. The summed E-state index contributed by atoms with van der Waals surface area (Å²) in [6.07, 6.45) is 3.53. The molecule has 2 rings (SSSR count). The van der Waals surface area contributed by atoms with Gasteiger partial charge in [0.2, 0.25) is 0 Å². The number of methoxy groups -OCH3 is 1. The van der Waals surface area contributed by atoms with Crippen LogP contribution in [0.15, 0.2) is 18.3 Å². The van der Waals surface area contributed by atoms with Crippen LogP contribution in [0.4, 0.5) is 11.5 Å². The van der Waals surface area contributed by atoms with E-state index >= 15 is 0 Å². The van der Waals surface area contributed by atoms with Crippen molar-refractivity contribution in [1.29, 1.82) is 0 Å². The zero-order valence-corrected chi connectivity index (χ0v) is 13.7. The third kappa shape index (κ3) is 4.43. The molecule has 1 fully saturated rings. The van der Waals surface area contributed by atoms with Crippen molar-refractivity contribution >= 4 is 29.4 Å². The molecule has 2 heterocycles. The van der Waals surface area contributed by atoms with E-state index in [1.165, 1.54) is 13.3 Å². The summed E-state index contributed by atoms with van der Waals surface area (Å²) in [4.78, 5) is 39.5. The van der Waals surface area contributed by atoms with Gasteiger partial charge in [0, 0.05) is 13.1 Å². The Balaban J connectivity index is 1.93. The highest BCUT2D eigenvalue weighted by molar-refractivity contribution is 6.36. The number of nitrogens with one attached hydrogen (secondary N) is 1. The predicted octanol–water partition coefficient (Wildman–Crippen LogP) is 1.27. The van der Waals surface area contributed by atoms with Gasteiger partial charge >= 0.3 is 17.8 Å². The molecule has 8 nitrogen and oxygen atoms in total. The number of pyridine rings is 1. The summed E-state index contributed by atoms with van der Waals surface area (Å²) < 4.78 is 4.75. The van der Waals surface area contributed by atoms with Crippen LogP contribution in [0.2, 0.25) is 0 Å². The quantitative estimate of drug-likeness (QED) is 0.630. The van der Waals surface area contributed by atoms with E-state index in [0.29, 0.717) is 12.1 Å². The summed E-state index contributed by atoms with van der Waals surface area (Å²) in [7, 11) is 1.40. The molecule has 0 unspecified atom stereocenters. The Morgan fingerprint density at radius 3 is 2.50 bits per heavy atom. The van der Waals surface area contributed by atoms with Crippen LogP contribution in [0.25, 0.3) is 0 Å². The second-order valence-corrected chi connectivity index (χ2v) is 6.21. The molecule has 8 heteroatoms. The number of carboxylic acid groups (broad SMARTS) is 1. The maximum absolute atomic E-state index is 11.5. The van der Waals surface area contributed by atoms with Crippen molar-refractivity contribution in [3.8, 4) is 0 Å². The van der Waals surface area contributed by atoms with Crippen molar-refractivity contribution in [2.45, 2.75) is 26.2 Å². The van der Waals surface area contributed by atoms with Crippen molar-refractivity contribution in [2.75, 3.05) is 30.4 Å². The largest absolute Gasteiger partial charge is 0.474 e. The molecule has 0 spiro atoms. The average Bonchev–Trinajstić information content (AvgIpc) is 2.56. The van der Waals surface area contributed by atoms with E-state index in [-0.39, 0.29) is 11.4 Å². The molecule has 24 heavy (non-hydrogen) atoms. The molecule has 1 saturated heterocycles. The van der Waals surface area contributed by atoms with Gasteiger partial charge in [-0.05, 0) is 30.4 Å². The van der Waals surface area contributed by atoms with Crippen molar-refractivity contribution < 1.29 is 24.2 Å². The number of carbonyl (C=O) groups excluding carboxylic acids is 2. The fourth-order valence-corrected chi connectivity index (χ4v) is 2.70. The van der Waals surface area contributed by atoms with Crippen LogP contribution < -0.4 is 10.2 Å². The standard InChI is InChI=1S/C16H21N3O5/c1-16(9-13(20)24-2)5-7-19(8-6-16)12-4-3-11(10-17-12)18-14(21)15(22)23/h3-4,10H,5-9H2,1-2H3,(H,18,21)(H,22,23). The molecule has 1 aliphatic rings. The minimum absolute atomic E-state index is 0.0704. The number of esters is 1. The lowest BCUT2D eigenvalue weighted by Gasteiger charge is -2.39. The topological polar surface area (TPSA) is 109 Å². The highest BCUT2D eigenvalue weighted by atomic mass is 16.5. The van der Waals surface area contributed by atoms with E-state index in [9.17, 15) is 14.4 Å². The van der Waals surface area contributed by atoms with Gasteiger partial charge in [-0.15, -0.1) is 0 Å². The lowest BCUT2D eigenvalue weighted by Crippen LogP contribution is -2.40. The lowest BCUT2D eigenvalue weighted by molar-refractivity contribution is -0.147. The Kier molecular flexibility index (Phi) is 5.38. The molecule has 0 atom stereocenters. The maximum atomic E-state index is 11.5. The van der Waals surface area contributed by atoms with Crippen molar-refractivity contribution in [3.63, 3.8) is 0 Å². The van der Waals surface area contributed by atoms with Gasteiger partial charge in [0.05, 0.1) is 25.4 Å². The molecule has 0 aromatic carbocycles. The van der Waals surface area contributed by atoms with Crippen LogP contribution in [0.5, 0.6) is 0 Å². The number of amides is 1. The predicted molar refractivity (Wildman–Crippen MR) is 86.7 cm³/mol. The summed E-state index contributed by atoms with van der Waals surface area (Å²) in [5.74, 6) is -2.08. The van der Waals surface area contributed by atoms with Crippen LogP contribution in [-0.2, 0) is 19.1 Å². The molecule has 1 aromatic heterocycles. The third-order valence-electron chi connectivity index (χ3n) is 4.29. The number of hydrogen-bond acceptors (Lipinski definition) is 6. The van der Waals surface area contributed by atoms with E-state index < -0.39 is 11.9 Å². The first kappa shape index (κ1) is 17.7. The molecule has 0 saturated carbocycles. The van der Waals surface area contributed by atoms with Crippen LogP contribution in [0, 0.1) is 5.41 Å². The number of anilines is 2. The Labute approximate surface area is 139 Å². The molecule has 0 bridgehead atoms. The number of aromatic nitrogens is 1. The minimum atomic E-state index is -1.54. The molecule has 0 aliphatic carbocycles. The highest BCUT2D eigenvalue weighted by Crippen LogP contribution is 2.35. The van der Waals surface area contributed by atoms with Gasteiger partial charge in [-0.1, -0.05) is 6.92 Å². The van der Waals surface area contributed by atoms with E-state index in [1.54, 1.807) is 12.1 Å². The molecule has 1 amide bonds. The summed E-state index contributed by atoms with van der Waals surface area (Å²) in [6.45, 7) is 3.61. The van der Waals surface area contributed by atoms with Gasteiger partial charge in [0.1, 0.15) is 5.82 Å². The zero-order chi connectivity index (χ0) is 17.7. The lowest BCUT2D eigenvalue weighted by atomic mass is 9.77. The van der Waals surface area contributed by atoms with Gasteiger partial charge in [-0.3, -0.25) is 9.59 Å². The third-order valence-corrected chi connectivity index (χ3v) is 4.29. The van der Waals surface area contributed by atoms with Crippen LogP contribution in [0.1, 0.15) is 26.2 Å². The van der Waals surface area contributed by atoms with Crippen LogP contribution >= 0.6 is 0 Å². The van der Waals surface area contributed by atoms with E-state index in [4.69, 9.17) is 9.84 Å². The summed E-state index contributed by atoms with van der Waals surface area (Å²) in [5, 5.41) is 10.8. The fraction of sp³-hybridized carbons (Fsp3) is 0.500. The summed E-state index contributed by atoms with van der Waals surface area (Å²) in [5.41, 5.74) is 0.262. The number of ether oxygens (including phenoxy) is 1. The van der Waals surface area contributed by atoms with Gasteiger partial charge in [-0.2, -0.15) is 0 Å². The summed E-state index contributed by atoms with van der Waals surface area (Å²) >= 11 is 0. The molecular formula is C16H21N3O5. The first-order valence-corrected chi connectivity index (χ1v) is 7.65. The average molecular weight is 335 g/mol. The van der Waals surface area contributed by atoms with E-state index in [2.05, 4.69) is 22.1 Å². The molecule has 1 aromatic rings. The SMILES string of the molecule is COC(=O)CC1(C)CCN(c2ccc(NC(=O)C(=O)O)cn2)CC1. The Bertz CT molecular complexity index is 621. The monoisotopic (exact) mass is 335 g/mol. The number of nitrogens with zero attached hydrogens (tertiary/aromatic N) is 2. The van der Waals surface area contributed by atoms with Crippen molar-refractivity contribution in [1.82, 2.24) is 4.98 Å². The molecule has 2 N–H and O–H groups in total. The highest BCUT2D eigenvalue weighted by Gasteiger charge is 2.33. The number of rotatable bonds is 4. The van der Waals surface area contributed by atoms with Crippen LogP contribution in [-0.4, -0.2) is 48.1 Å². The van der Waals surface area contributed by atoms with Gasteiger partial charge in [0.25, 0.3) is 0 Å². The maximum Gasteiger partial charge on any atom is 0.394 e. The summed E-state index contributed by atoms with van der Waals surface area (Å²) in [6, 6.07) is 3.35. The van der Waals surface area contributed by atoms with Crippen molar-refractivity contribution in [3.05, 3.63) is 18.3 Å². The Morgan fingerprint density at radius 1 is 1.33 bits per heavy atom. The first-order chi connectivity index (χ1) is 11.3. The molecular weight excluding hydrogens is 314 g/mol. The smallest absolute Gasteiger partial charge is 0.394 e. The molecule has 1 aliphatic heterocycles. The Morgan fingerprint density at radius 2 is 2.00 bits per heavy atom. The van der Waals surface area contributed by atoms with Gasteiger partial charge in [0.15, 0.2) is 0 Å². The van der Waals surface area contributed by atoms with Crippen molar-refractivity contribution in [2.24, 2.45) is 5.41 Å². The molecule has 130 valence electrons. The fourth-order valence-electron chi connectivity index (χ4n) is 2.70. The van der Waals surface area contributed by atoms with Gasteiger partial charge < -0.3 is 20.1 Å². The first-order valence-electron chi connectivity index (χ1n) is 7.65. The number of aliphatic carboxylic acids is 1. The number of carbonyl (C=O) groups is 3. The number of carboxylic acids is 1. The number of piperidine rings is 1.